The first-order valence-corrected chi connectivity index (χ1v) is 12.5. The number of hydrogen-bond donors (Lipinski definition) is 2. The third-order valence-electron chi connectivity index (χ3n) is 5.49. The van der Waals surface area contributed by atoms with Crippen LogP contribution in [0, 0.1) is 6.92 Å². The minimum Gasteiger partial charge on any atom is -0.490 e. The van der Waals surface area contributed by atoms with Gasteiger partial charge in [0.25, 0.3) is 5.91 Å². The van der Waals surface area contributed by atoms with Crippen LogP contribution in [0.1, 0.15) is 23.6 Å². The van der Waals surface area contributed by atoms with E-state index >= 15 is 0 Å². The number of fused-ring (bicyclic) bond motifs is 1. The van der Waals surface area contributed by atoms with E-state index in [0.717, 1.165) is 32.2 Å². The van der Waals surface area contributed by atoms with Gasteiger partial charge in [0.1, 0.15) is 6.61 Å². The molecule has 0 unspecified atom stereocenters. The van der Waals surface area contributed by atoms with Gasteiger partial charge in [-0.3, -0.25) is 4.79 Å². The van der Waals surface area contributed by atoms with Gasteiger partial charge in [-0.2, -0.15) is 5.10 Å². The first-order valence-electron chi connectivity index (χ1n) is 11.7. The highest BCUT2D eigenvalue weighted by Gasteiger charge is 2.13. The van der Waals surface area contributed by atoms with Crippen molar-refractivity contribution < 1.29 is 14.3 Å². The van der Waals surface area contributed by atoms with E-state index in [0.29, 0.717) is 24.7 Å². The molecule has 0 aliphatic carbocycles. The fraction of sp³-hybridized carbons (Fsp3) is 0.172. The summed E-state index contributed by atoms with van der Waals surface area (Å²) in [5.41, 5.74) is 6.44. The van der Waals surface area contributed by atoms with Gasteiger partial charge < -0.3 is 14.8 Å². The monoisotopic (exact) mass is 545 g/mol. The molecular formula is C29H28BrN3O3. The summed E-state index contributed by atoms with van der Waals surface area (Å²) in [7, 11) is 0. The predicted octanol–water partition coefficient (Wildman–Crippen LogP) is 6.45. The molecule has 0 heterocycles. The molecular weight excluding hydrogens is 518 g/mol. The molecule has 4 rings (SSSR count). The number of hydrazone groups is 1. The topological polar surface area (TPSA) is 72.0 Å². The third-order valence-corrected chi connectivity index (χ3v) is 6.08. The number of carbonyl (C=O) groups excluding carboxylic acids is 1. The number of anilines is 1. The molecule has 36 heavy (non-hydrogen) atoms. The molecule has 0 aliphatic rings. The minimum atomic E-state index is -0.244. The van der Waals surface area contributed by atoms with Crippen molar-refractivity contribution >= 4 is 44.5 Å². The Bertz CT molecular complexity index is 1370. The van der Waals surface area contributed by atoms with E-state index in [9.17, 15) is 4.79 Å². The first-order chi connectivity index (χ1) is 17.5. The summed E-state index contributed by atoms with van der Waals surface area (Å²) < 4.78 is 12.8. The molecule has 0 atom stereocenters. The normalized spacial score (nSPS) is 11.0. The van der Waals surface area contributed by atoms with Gasteiger partial charge in [-0.25, -0.2) is 5.43 Å². The van der Waals surface area contributed by atoms with Crippen molar-refractivity contribution in [3.05, 3.63) is 100 Å². The lowest BCUT2D eigenvalue weighted by Crippen LogP contribution is -2.25. The SMILES string of the molecule is CCOc1cc(/C=N\NC(=O)CNc2ccc(C)cc2)cc(Br)c1OCc1cccc2ccccc12. The highest BCUT2D eigenvalue weighted by Crippen LogP contribution is 2.37. The van der Waals surface area contributed by atoms with Crippen LogP contribution < -0.4 is 20.2 Å². The van der Waals surface area contributed by atoms with Crippen molar-refractivity contribution in [2.24, 2.45) is 5.10 Å². The fourth-order valence-corrected chi connectivity index (χ4v) is 4.28. The summed E-state index contributed by atoms with van der Waals surface area (Å²) in [6.07, 6.45) is 1.57. The summed E-state index contributed by atoms with van der Waals surface area (Å²) in [5.74, 6) is 0.972. The van der Waals surface area contributed by atoms with Crippen LogP contribution in [0.15, 0.2) is 88.4 Å². The first kappa shape index (κ1) is 25.3. The van der Waals surface area contributed by atoms with E-state index in [1.54, 1.807) is 6.21 Å². The second-order valence-electron chi connectivity index (χ2n) is 8.20. The zero-order chi connectivity index (χ0) is 25.3. The standard InChI is InChI=1S/C29H28BrN3O3/c1-3-35-27-16-21(17-32-33-28(34)18-31-24-13-11-20(2)12-14-24)15-26(30)29(27)36-19-23-9-6-8-22-7-4-5-10-25(22)23/h4-17,31H,3,18-19H2,1-2H3,(H,33,34)/b32-17-. The molecule has 7 heteroatoms. The van der Waals surface area contributed by atoms with E-state index in [1.807, 2.05) is 68.4 Å². The van der Waals surface area contributed by atoms with Crippen LogP contribution in [0.5, 0.6) is 11.5 Å². The maximum Gasteiger partial charge on any atom is 0.259 e. The number of nitrogens with one attached hydrogen (secondary N) is 2. The highest BCUT2D eigenvalue weighted by atomic mass is 79.9. The molecule has 6 nitrogen and oxygen atoms in total. The second kappa shape index (κ2) is 12.2. The molecule has 0 bridgehead atoms. The van der Waals surface area contributed by atoms with Crippen LogP contribution in [0.4, 0.5) is 5.69 Å². The number of carbonyl (C=O) groups is 1. The lowest BCUT2D eigenvalue weighted by atomic mass is 10.1. The number of aryl methyl sites for hydroxylation is 1. The molecule has 0 saturated carbocycles. The molecule has 0 saturated heterocycles. The maximum absolute atomic E-state index is 12.1. The largest absolute Gasteiger partial charge is 0.490 e. The molecule has 0 radical (unpaired) electrons. The summed E-state index contributed by atoms with van der Waals surface area (Å²) in [6.45, 7) is 4.94. The van der Waals surface area contributed by atoms with Crippen molar-refractivity contribution in [1.82, 2.24) is 5.43 Å². The minimum absolute atomic E-state index is 0.120. The Morgan fingerprint density at radius 3 is 2.58 bits per heavy atom. The molecule has 4 aromatic carbocycles. The summed E-state index contributed by atoms with van der Waals surface area (Å²) in [4.78, 5) is 12.1. The quantitative estimate of drug-likeness (QED) is 0.177. The molecule has 0 aromatic heterocycles. The van der Waals surface area contributed by atoms with Crippen LogP contribution in [0.3, 0.4) is 0 Å². The van der Waals surface area contributed by atoms with Gasteiger partial charge in [0.2, 0.25) is 0 Å². The van der Waals surface area contributed by atoms with E-state index in [1.165, 1.54) is 5.39 Å². The van der Waals surface area contributed by atoms with Crippen LogP contribution in [-0.2, 0) is 11.4 Å². The van der Waals surface area contributed by atoms with Gasteiger partial charge in [0, 0.05) is 5.69 Å². The van der Waals surface area contributed by atoms with E-state index in [-0.39, 0.29) is 12.5 Å². The average Bonchev–Trinajstić information content (AvgIpc) is 2.88. The van der Waals surface area contributed by atoms with Gasteiger partial charge in [-0.05, 0) is 75.9 Å². The van der Waals surface area contributed by atoms with Crippen LogP contribution in [0.2, 0.25) is 0 Å². The molecule has 0 fully saturated rings. The van der Waals surface area contributed by atoms with E-state index < -0.39 is 0 Å². The smallest absolute Gasteiger partial charge is 0.259 e. The van der Waals surface area contributed by atoms with Gasteiger partial charge in [0.05, 0.1) is 23.8 Å². The summed E-state index contributed by atoms with van der Waals surface area (Å²) in [5, 5.41) is 9.49. The number of hydrogen-bond acceptors (Lipinski definition) is 5. The van der Waals surface area contributed by atoms with E-state index in [2.05, 4.69) is 56.0 Å². The number of amides is 1. The Balaban J connectivity index is 1.40. The number of rotatable bonds is 10. The molecule has 1 amide bonds. The van der Waals surface area contributed by atoms with Gasteiger partial charge in [-0.1, -0.05) is 60.2 Å². The average molecular weight is 546 g/mol. The van der Waals surface area contributed by atoms with Crippen LogP contribution in [0.25, 0.3) is 10.8 Å². The van der Waals surface area contributed by atoms with Crippen LogP contribution in [-0.4, -0.2) is 25.3 Å². The Morgan fingerprint density at radius 1 is 1.00 bits per heavy atom. The molecule has 4 aromatic rings. The Labute approximate surface area is 219 Å². The Kier molecular flexibility index (Phi) is 8.57. The van der Waals surface area contributed by atoms with Crippen molar-refractivity contribution in [2.45, 2.75) is 20.5 Å². The van der Waals surface area contributed by atoms with Gasteiger partial charge in [0.15, 0.2) is 11.5 Å². The van der Waals surface area contributed by atoms with Crippen molar-refractivity contribution in [3.63, 3.8) is 0 Å². The lowest BCUT2D eigenvalue weighted by Gasteiger charge is -2.15. The zero-order valence-electron chi connectivity index (χ0n) is 20.3. The van der Waals surface area contributed by atoms with Crippen molar-refractivity contribution in [3.8, 4) is 11.5 Å². The van der Waals surface area contributed by atoms with Crippen molar-refractivity contribution in [1.29, 1.82) is 0 Å². The van der Waals surface area contributed by atoms with Gasteiger partial charge in [-0.15, -0.1) is 0 Å². The maximum atomic E-state index is 12.1. The number of nitrogens with zero attached hydrogens (tertiary/aromatic N) is 1. The lowest BCUT2D eigenvalue weighted by molar-refractivity contribution is -0.119. The van der Waals surface area contributed by atoms with Crippen LogP contribution >= 0.6 is 15.9 Å². The second-order valence-corrected chi connectivity index (χ2v) is 9.06. The van der Waals surface area contributed by atoms with Gasteiger partial charge >= 0.3 is 0 Å². The number of halogens is 1. The predicted molar refractivity (Wildman–Crippen MR) is 149 cm³/mol. The van der Waals surface area contributed by atoms with Crippen molar-refractivity contribution in [2.75, 3.05) is 18.5 Å². The Hall–Kier alpha value is -3.84. The Morgan fingerprint density at radius 2 is 1.78 bits per heavy atom. The number of ether oxygens (including phenoxy) is 2. The zero-order valence-corrected chi connectivity index (χ0v) is 21.8. The summed E-state index contributed by atoms with van der Waals surface area (Å²) in [6, 6.07) is 26.0. The molecule has 0 aliphatic heterocycles. The summed E-state index contributed by atoms with van der Waals surface area (Å²) >= 11 is 3.60. The molecule has 0 spiro atoms. The third kappa shape index (κ3) is 6.64. The molecule has 184 valence electrons. The highest BCUT2D eigenvalue weighted by molar-refractivity contribution is 9.10. The molecule has 2 N–H and O–H groups in total. The fourth-order valence-electron chi connectivity index (χ4n) is 3.71. The number of benzene rings is 4. The van der Waals surface area contributed by atoms with E-state index in [4.69, 9.17) is 9.47 Å².